The summed E-state index contributed by atoms with van der Waals surface area (Å²) in [7, 11) is -3.69. The Bertz CT molecular complexity index is 786. The molecule has 3 rings (SSSR count). The summed E-state index contributed by atoms with van der Waals surface area (Å²) in [5.41, 5.74) is 0.907. The monoisotopic (exact) mass is 393 g/mol. The first-order valence-corrected chi connectivity index (χ1v) is 11.1. The minimum Gasteiger partial charge on any atom is -0.356 e. The minimum atomic E-state index is -3.69. The van der Waals surface area contributed by atoms with Gasteiger partial charge in [-0.2, -0.15) is 0 Å². The highest BCUT2D eigenvalue weighted by Crippen LogP contribution is 2.39. The molecule has 2 saturated carbocycles. The third kappa shape index (κ3) is 5.52. The Morgan fingerprint density at radius 3 is 2.26 bits per heavy atom. The van der Waals surface area contributed by atoms with E-state index in [4.69, 9.17) is 5.14 Å². The van der Waals surface area contributed by atoms with E-state index >= 15 is 0 Å². The van der Waals surface area contributed by atoms with E-state index in [9.17, 15) is 18.0 Å². The van der Waals surface area contributed by atoms with Gasteiger partial charge in [-0.25, -0.2) is 13.6 Å². The molecule has 4 N–H and O–H groups in total. The van der Waals surface area contributed by atoms with Gasteiger partial charge < -0.3 is 10.6 Å². The lowest BCUT2D eigenvalue weighted by molar-refractivity contribution is -0.127. The number of rotatable bonds is 7. The Morgan fingerprint density at radius 1 is 1.00 bits per heavy atom. The number of carbonyl (C=O) groups excluding carboxylic acids is 2. The minimum absolute atomic E-state index is 0.0145. The van der Waals surface area contributed by atoms with E-state index in [0.29, 0.717) is 19.4 Å². The molecule has 0 radical (unpaired) electrons. The van der Waals surface area contributed by atoms with Crippen molar-refractivity contribution in [2.75, 3.05) is 6.54 Å². The second-order valence-corrected chi connectivity index (χ2v) is 9.08. The van der Waals surface area contributed by atoms with Gasteiger partial charge in [-0.1, -0.05) is 31.4 Å². The standard InChI is InChI=1S/C19H27N3O4S/c20-27(25,26)15-8-6-13(7-9-15)10-11-21-18(23)16-12-17(16)19(24)22-14-4-2-1-3-5-14/h6-9,14,16-17H,1-5,10-12H2,(H,21,23)(H,22,24)(H2,20,25,26). The van der Waals surface area contributed by atoms with Crippen LogP contribution in [-0.4, -0.2) is 32.8 Å². The molecule has 2 amide bonds. The molecule has 7 nitrogen and oxygen atoms in total. The van der Waals surface area contributed by atoms with Crippen LogP contribution in [-0.2, 0) is 26.0 Å². The van der Waals surface area contributed by atoms with Gasteiger partial charge in [0.1, 0.15) is 0 Å². The number of sulfonamides is 1. The Labute approximate surface area is 160 Å². The van der Waals surface area contributed by atoms with Crippen molar-refractivity contribution < 1.29 is 18.0 Å². The van der Waals surface area contributed by atoms with Crippen molar-refractivity contribution in [3.8, 4) is 0 Å². The van der Waals surface area contributed by atoms with Crippen molar-refractivity contribution in [2.45, 2.75) is 55.9 Å². The van der Waals surface area contributed by atoms with E-state index in [1.165, 1.54) is 18.6 Å². The molecule has 27 heavy (non-hydrogen) atoms. The first-order valence-electron chi connectivity index (χ1n) is 9.54. The number of nitrogens with one attached hydrogen (secondary N) is 2. The summed E-state index contributed by atoms with van der Waals surface area (Å²) in [6.45, 7) is 0.445. The predicted molar refractivity (Wildman–Crippen MR) is 101 cm³/mol. The maximum Gasteiger partial charge on any atom is 0.238 e. The second kappa shape index (κ2) is 8.39. The van der Waals surface area contributed by atoms with Crippen LogP contribution < -0.4 is 15.8 Å². The van der Waals surface area contributed by atoms with Gasteiger partial charge in [0.25, 0.3) is 0 Å². The molecule has 2 aliphatic carbocycles. The molecule has 148 valence electrons. The van der Waals surface area contributed by atoms with Gasteiger partial charge in [-0.3, -0.25) is 9.59 Å². The van der Waals surface area contributed by atoms with Crippen LogP contribution >= 0.6 is 0 Å². The average Bonchev–Trinajstić information content (AvgIpc) is 3.43. The van der Waals surface area contributed by atoms with Crippen molar-refractivity contribution >= 4 is 21.8 Å². The molecule has 0 heterocycles. The summed E-state index contributed by atoms with van der Waals surface area (Å²) in [5.74, 6) is -0.486. The van der Waals surface area contributed by atoms with Crippen molar-refractivity contribution in [3.63, 3.8) is 0 Å². The molecule has 0 spiro atoms. The lowest BCUT2D eigenvalue weighted by Crippen LogP contribution is -2.38. The number of benzene rings is 1. The zero-order valence-electron chi connectivity index (χ0n) is 15.3. The Kier molecular flexibility index (Phi) is 6.16. The zero-order valence-corrected chi connectivity index (χ0v) is 16.1. The van der Waals surface area contributed by atoms with Crippen LogP contribution in [0.4, 0.5) is 0 Å². The Morgan fingerprint density at radius 2 is 1.63 bits per heavy atom. The summed E-state index contributed by atoms with van der Waals surface area (Å²) in [4.78, 5) is 24.5. The molecule has 2 fully saturated rings. The summed E-state index contributed by atoms with van der Waals surface area (Å²) >= 11 is 0. The lowest BCUT2D eigenvalue weighted by Gasteiger charge is -2.22. The van der Waals surface area contributed by atoms with Crippen LogP contribution in [0.15, 0.2) is 29.2 Å². The number of primary sulfonamides is 1. The molecule has 2 unspecified atom stereocenters. The summed E-state index contributed by atoms with van der Waals surface area (Å²) in [6, 6.07) is 6.56. The first kappa shape index (κ1) is 19.8. The number of carbonyl (C=O) groups is 2. The SMILES string of the molecule is NS(=O)(=O)c1ccc(CCNC(=O)C2CC2C(=O)NC2CCCCC2)cc1. The Hall–Kier alpha value is -1.93. The molecule has 8 heteroatoms. The smallest absolute Gasteiger partial charge is 0.238 e. The van der Waals surface area contributed by atoms with E-state index in [2.05, 4.69) is 10.6 Å². The predicted octanol–water partition coefficient (Wildman–Crippen LogP) is 1.08. The summed E-state index contributed by atoms with van der Waals surface area (Å²) in [5, 5.41) is 11.0. The quantitative estimate of drug-likeness (QED) is 0.642. The zero-order chi connectivity index (χ0) is 19.4. The van der Waals surface area contributed by atoms with Crippen molar-refractivity contribution in [1.82, 2.24) is 10.6 Å². The molecule has 2 atom stereocenters. The van der Waals surface area contributed by atoms with E-state index in [1.807, 2.05) is 0 Å². The molecule has 0 saturated heterocycles. The third-order valence-electron chi connectivity index (χ3n) is 5.38. The first-order chi connectivity index (χ1) is 12.8. The molecule has 2 aliphatic rings. The van der Waals surface area contributed by atoms with Crippen molar-refractivity contribution in [1.29, 1.82) is 0 Å². The molecular weight excluding hydrogens is 366 g/mol. The molecule has 1 aromatic rings. The fraction of sp³-hybridized carbons (Fsp3) is 0.579. The highest BCUT2D eigenvalue weighted by molar-refractivity contribution is 7.89. The number of nitrogens with two attached hydrogens (primary N) is 1. The largest absolute Gasteiger partial charge is 0.356 e. The second-order valence-electron chi connectivity index (χ2n) is 7.52. The fourth-order valence-electron chi connectivity index (χ4n) is 3.64. The van der Waals surface area contributed by atoms with E-state index < -0.39 is 10.0 Å². The van der Waals surface area contributed by atoms with Crippen molar-refractivity contribution in [3.05, 3.63) is 29.8 Å². The average molecular weight is 394 g/mol. The van der Waals surface area contributed by atoms with Crippen LogP contribution in [0.5, 0.6) is 0 Å². The van der Waals surface area contributed by atoms with E-state index in [1.54, 1.807) is 12.1 Å². The normalized spacial score (nSPS) is 22.9. The number of amides is 2. The maximum atomic E-state index is 12.2. The Balaban J connectivity index is 1.38. The van der Waals surface area contributed by atoms with Crippen LogP contribution in [0, 0.1) is 11.8 Å². The van der Waals surface area contributed by atoms with Gasteiger partial charge in [0.05, 0.1) is 16.7 Å². The van der Waals surface area contributed by atoms with Gasteiger partial charge in [0.2, 0.25) is 21.8 Å². The topological polar surface area (TPSA) is 118 Å². The summed E-state index contributed by atoms with van der Waals surface area (Å²) in [6.07, 6.45) is 6.86. The van der Waals surface area contributed by atoms with E-state index in [0.717, 1.165) is 31.2 Å². The lowest BCUT2D eigenvalue weighted by atomic mass is 9.95. The van der Waals surface area contributed by atoms with E-state index in [-0.39, 0.29) is 34.6 Å². The molecule has 0 bridgehead atoms. The van der Waals surface area contributed by atoms with Gasteiger partial charge in [0.15, 0.2) is 0 Å². The molecule has 0 aliphatic heterocycles. The van der Waals surface area contributed by atoms with Gasteiger partial charge >= 0.3 is 0 Å². The molecule has 1 aromatic carbocycles. The highest BCUT2D eigenvalue weighted by atomic mass is 32.2. The fourth-order valence-corrected chi connectivity index (χ4v) is 4.15. The van der Waals surface area contributed by atoms with Crippen molar-refractivity contribution in [2.24, 2.45) is 17.0 Å². The summed E-state index contributed by atoms with van der Waals surface area (Å²) < 4.78 is 22.5. The highest BCUT2D eigenvalue weighted by Gasteiger charge is 2.48. The van der Waals surface area contributed by atoms with Crippen LogP contribution in [0.1, 0.15) is 44.1 Å². The van der Waals surface area contributed by atoms with Gasteiger partial charge in [-0.05, 0) is 43.4 Å². The number of hydrogen-bond donors (Lipinski definition) is 3. The van der Waals surface area contributed by atoms with Gasteiger partial charge in [-0.15, -0.1) is 0 Å². The third-order valence-corrected chi connectivity index (χ3v) is 6.31. The van der Waals surface area contributed by atoms with Crippen LogP contribution in [0.3, 0.4) is 0 Å². The van der Waals surface area contributed by atoms with Crippen LogP contribution in [0.2, 0.25) is 0 Å². The van der Waals surface area contributed by atoms with Gasteiger partial charge in [0, 0.05) is 12.6 Å². The van der Waals surface area contributed by atoms with Crippen LogP contribution in [0.25, 0.3) is 0 Å². The number of hydrogen-bond acceptors (Lipinski definition) is 4. The molecular formula is C19H27N3O4S. The molecule has 0 aromatic heterocycles. The maximum absolute atomic E-state index is 12.2.